The number of hydrogen-bond acceptors (Lipinski definition) is 4. The molecule has 0 fully saturated rings. The molecule has 94 valence electrons. The number of aryl methyl sites for hydroxylation is 1. The highest BCUT2D eigenvalue weighted by Gasteiger charge is 2.25. The Kier molecular flexibility index (Phi) is 3.96. The van der Waals surface area contributed by atoms with Gasteiger partial charge in [-0.25, -0.2) is 0 Å². The molecule has 4 N–H and O–H groups in total. The molecule has 1 rings (SSSR count). The van der Waals surface area contributed by atoms with Crippen LogP contribution in [-0.4, -0.2) is 29.8 Å². The lowest BCUT2D eigenvalue weighted by atomic mass is 9.91. The summed E-state index contributed by atoms with van der Waals surface area (Å²) in [6.07, 6.45) is 0. The highest BCUT2D eigenvalue weighted by molar-refractivity contribution is 5.79. The maximum atomic E-state index is 11.1. The number of phenolic OH excluding ortho intramolecular Hbond substituents is 1. The SMILES string of the molecule is COc1cc(C)c(C(CN)C(=O)O)c(O)c1C. The van der Waals surface area contributed by atoms with Crippen LogP contribution in [0.15, 0.2) is 6.07 Å². The smallest absolute Gasteiger partial charge is 0.312 e. The van der Waals surface area contributed by atoms with Gasteiger partial charge in [0.15, 0.2) is 0 Å². The lowest BCUT2D eigenvalue weighted by molar-refractivity contribution is -0.138. The van der Waals surface area contributed by atoms with Gasteiger partial charge in [-0.3, -0.25) is 4.79 Å². The molecule has 17 heavy (non-hydrogen) atoms. The Morgan fingerprint density at radius 3 is 2.53 bits per heavy atom. The highest BCUT2D eigenvalue weighted by atomic mass is 16.5. The third kappa shape index (κ3) is 2.34. The summed E-state index contributed by atoms with van der Waals surface area (Å²) < 4.78 is 5.10. The van der Waals surface area contributed by atoms with Crippen molar-refractivity contribution in [2.75, 3.05) is 13.7 Å². The van der Waals surface area contributed by atoms with Gasteiger partial charge in [0.2, 0.25) is 0 Å². The van der Waals surface area contributed by atoms with E-state index in [0.29, 0.717) is 22.4 Å². The predicted octanol–water partition coefficient (Wildman–Crippen LogP) is 1.14. The van der Waals surface area contributed by atoms with Crippen molar-refractivity contribution in [1.29, 1.82) is 0 Å². The molecule has 1 aromatic carbocycles. The Morgan fingerprint density at radius 2 is 2.12 bits per heavy atom. The number of aromatic hydroxyl groups is 1. The molecule has 0 aliphatic rings. The Morgan fingerprint density at radius 1 is 1.53 bits per heavy atom. The van der Waals surface area contributed by atoms with Crippen LogP contribution < -0.4 is 10.5 Å². The second kappa shape index (κ2) is 5.05. The van der Waals surface area contributed by atoms with Crippen LogP contribution in [0.25, 0.3) is 0 Å². The van der Waals surface area contributed by atoms with Crippen LogP contribution in [0.1, 0.15) is 22.6 Å². The first-order valence-corrected chi connectivity index (χ1v) is 5.23. The van der Waals surface area contributed by atoms with E-state index in [1.165, 1.54) is 7.11 Å². The zero-order chi connectivity index (χ0) is 13.2. The highest BCUT2D eigenvalue weighted by Crippen LogP contribution is 2.37. The normalized spacial score (nSPS) is 12.2. The molecular weight excluding hydrogens is 222 g/mol. The summed E-state index contributed by atoms with van der Waals surface area (Å²) >= 11 is 0. The summed E-state index contributed by atoms with van der Waals surface area (Å²) in [5.74, 6) is -1.47. The van der Waals surface area contributed by atoms with Gasteiger partial charge in [-0.2, -0.15) is 0 Å². The minimum atomic E-state index is -1.05. The zero-order valence-corrected chi connectivity index (χ0v) is 10.2. The molecule has 0 heterocycles. The van der Waals surface area contributed by atoms with Crippen LogP contribution in [-0.2, 0) is 4.79 Å². The molecule has 1 atom stereocenters. The first-order valence-electron chi connectivity index (χ1n) is 5.23. The van der Waals surface area contributed by atoms with E-state index in [4.69, 9.17) is 15.6 Å². The minimum Gasteiger partial charge on any atom is -0.507 e. The van der Waals surface area contributed by atoms with E-state index in [-0.39, 0.29) is 12.3 Å². The van der Waals surface area contributed by atoms with Gasteiger partial charge < -0.3 is 20.7 Å². The van der Waals surface area contributed by atoms with E-state index in [2.05, 4.69) is 0 Å². The molecule has 0 amide bonds. The summed E-state index contributed by atoms with van der Waals surface area (Å²) in [6, 6.07) is 1.70. The third-order valence-electron chi connectivity index (χ3n) is 2.85. The maximum Gasteiger partial charge on any atom is 0.312 e. The van der Waals surface area contributed by atoms with Crippen molar-refractivity contribution in [3.05, 3.63) is 22.8 Å². The number of methoxy groups -OCH3 is 1. The average Bonchev–Trinajstić information content (AvgIpc) is 2.28. The summed E-state index contributed by atoms with van der Waals surface area (Å²) in [5, 5.41) is 19.1. The van der Waals surface area contributed by atoms with Crippen LogP contribution in [0.4, 0.5) is 0 Å². The number of nitrogens with two attached hydrogens (primary N) is 1. The monoisotopic (exact) mass is 239 g/mol. The summed E-state index contributed by atoms with van der Waals surface area (Å²) in [7, 11) is 1.50. The molecule has 0 saturated carbocycles. The van der Waals surface area contributed by atoms with Gasteiger partial charge in [-0.05, 0) is 25.5 Å². The number of benzene rings is 1. The number of rotatable bonds is 4. The third-order valence-corrected chi connectivity index (χ3v) is 2.85. The Labute approximate surface area is 99.8 Å². The molecule has 0 bridgehead atoms. The summed E-state index contributed by atoms with van der Waals surface area (Å²) in [5.41, 5.74) is 6.98. The Balaban J connectivity index is 3.44. The fraction of sp³-hybridized carbons (Fsp3) is 0.417. The molecule has 1 unspecified atom stereocenters. The lowest BCUT2D eigenvalue weighted by Gasteiger charge is -2.18. The second-order valence-corrected chi connectivity index (χ2v) is 3.91. The van der Waals surface area contributed by atoms with E-state index < -0.39 is 11.9 Å². The topological polar surface area (TPSA) is 92.8 Å². The predicted molar refractivity (Wildman–Crippen MR) is 63.6 cm³/mol. The van der Waals surface area contributed by atoms with E-state index in [1.807, 2.05) is 0 Å². The molecule has 0 aliphatic carbocycles. The number of hydrogen-bond donors (Lipinski definition) is 3. The molecule has 0 aromatic heterocycles. The van der Waals surface area contributed by atoms with Crippen molar-refractivity contribution in [1.82, 2.24) is 0 Å². The molecule has 1 aromatic rings. The van der Waals surface area contributed by atoms with Gasteiger partial charge >= 0.3 is 5.97 Å². The molecule has 0 aliphatic heterocycles. The number of aliphatic carboxylic acids is 1. The molecular formula is C12H17NO4. The Hall–Kier alpha value is -1.75. The quantitative estimate of drug-likeness (QED) is 0.732. The fourth-order valence-corrected chi connectivity index (χ4v) is 1.88. The first-order chi connectivity index (χ1) is 7.93. The largest absolute Gasteiger partial charge is 0.507 e. The van der Waals surface area contributed by atoms with Crippen molar-refractivity contribution in [3.63, 3.8) is 0 Å². The first kappa shape index (κ1) is 13.3. The van der Waals surface area contributed by atoms with Crippen LogP contribution in [0, 0.1) is 13.8 Å². The average molecular weight is 239 g/mol. The van der Waals surface area contributed by atoms with Gasteiger partial charge in [-0.15, -0.1) is 0 Å². The van der Waals surface area contributed by atoms with Gasteiger partial charge in [0.05, 0.1) is 13.0 Å². The summed E-state index contributed by atoms with van der Waals surface area (Å²) in [4.78, 5) is 11.1. The number of phenols is 1. The van der Waals surface area contributed by atoms with Crippen LogP contribution in [0.3, 0.4) is 0 Å². The van der Waals surface area contributed by atoms with Crippen molar-refractivity contribution >= 4 is 5.97 Å². The lowest BCUT2D eigenvalue weighted by Crippen LogP contribution is -2.22. The zero-order valence-electron chi connectivity index (χ0n) is 10.2. The number of carboxylic acids is 1. The molecule has 5 heteroatoms. The molecule has 0 spiro atoms. The minimum absolute atomic E-state index is 0.0558. The van der Waals surface area contributed by atoms with Crippen molar-refractivity contribution < 1.29 is 19.7 Å². The van der Waals surface area contributed by atoms with Crippen molar-refractivity contribution in [2.24, 2.45) is 5.73 Å². The Bertz CT molecular complexity index is 443. The van der Waals surface area contributed by atoms with Crippen molar-refractivity contribution in [3.8, 4) is 11.5 Å². The number of ether oxygens (including phenoxy) is 1. The van der Waals surface area contributed by atoms with Gasteiger partial charge in [0.1, 0.15) is 11.5 Å². The molecule has 0 saturated heterocycles. The van der Waals surface area contributed by atoms with Crippen LogP contribution in [0.5, 0.6) is 11.5 Å². The van der Waals surface area contributed by atoms with Gasteiger partial charge in [0.25, 0.3) is 0 Å². The van der Waals surface area contributed by atoms with Crippen molar-refractivity contribution in [2.45, 2.75) is 19.8 Å². The molecule has 5 nitrogen and oxygen atoms in total. The van der Waals surface area contributed by atoms with E-state index in [1.54, 1.807) is 19.9 Å². The van der Waals surface area contributed by atoms with Gasteiger partial charge in [-0.1, -0.05) is 0 Å². The van der Waals surface area contributed by atoms with Crippen LogP contribution in [0.2, 0.25) is 0 Å². The summed E-state index contributed by atoms with van der Waals surface area (Å²) in [6.45, 7) is 3.34. The van der Waals surface area contributed by atoms with E-state index in [0.717, 1.165) is 0 Å². The standard InChI is InChI=1S/C12H17NO4/c1-6-4-9(17-3)7(2)11(14)10(6)8(5-13)12(15)16/h4,8,14H,5,13H2,1-3H3,(H,15,16). The fourth-order valence-electron chi connectivity index (χ4n) is 1.88. The number of carbonyl (C=O) groups is 1. The number of carboxylic acid groups (broad SMARTS) is 1. The molecule has 0 radical (unpaired) electrons. The van der Waals surface area contributed by atoms with Gasteiger partial charge in [0, 0.05) is 17.7 Å². The van der Waals surface area contributed by atoms with Crippen LogP contribution >= 0.6 is 0 Å². The van der Waals surface area contributed by atoms with E-state index >= 15 is 0 Å². The maximum absolute atomic E-state index is 11.1. The van der Waals surface area contributed by atoms with E-state index in [9.17, 15) is 9.90 Å². The second-order valence-electron chi connectivity index (χ2n) is 3.91.